The van der Waals surface area contributed by atoms with E-state index in [-0.39, 0.29) is 0 Å². The van der Waals surface area contributed by atoms with E-state index in [1.54, 1.807) is 12.5 Å². The van der Waals surface area contributed by atoms with E-state index in [2.05, 4.69) is 15.0 Å². The number of hydrogen-bond donors (Lipinski definition) is 1. The summed E-state index contributed by atoms with van der Waals surface area (Å²) < 4.78 is 3.83. The fourth-order valence-electron chi connectivity index (χ4n) is 3.68. The Hall–Kier alpha value is -1.89. The Balaban J connectivity index is 1.46. The highest BCUT2D eigenvalue weighted by molar-refractivity contribution is 6.35. The van der Waals surface area contributed by atoms with E-state index in [1.807, 2.05) is 40.7 Å². The summed E-state index contributed by atoms with van der Waals surface area (Å²) in [5.74, 6) is 0. The Labute approximate surface area is 151 Å². The molecule has 0 unspecified atom stereocenters. The normalized spacial score (nSPS) is 18.0. The van der Waals surface area contributed by atoms with Gasteiger partial charge in [0.2, 0.25) is 0 Å². The molecule has 0 spiro atoms. The number of aromatic nitrogens is 4. The number of hydrogen-bond acceptors (Lipinski definition) is 4. The quantitative estimate of drug-likeness (QED) is 0.777. The molecule has 1 aliphatic heterocycles. The number of nitrogens with zero attached hydrogens (tertiary/aromatic N) is 5. The van der Waals surface area contributed by atoms with Crippen molar-refractivity contribution < 1.29 is 5.11 Å². The molecule has 6 nitrogen and oxygen atoms in total. The molecule has 25 heavy (non-hydrogen) atoms. The van der Waals surface area contributed by atoms with Crippen LogP contribution in [0.5, 0.6) is 0 Å². The third-order valence-corrected chi connectivity index (χ3v) is 5.41. The average molecular weight is 360 g/mol. The minimum Gasteiger partial charge on any atom is -0.388 e. The first kappa shape index (κ1) is 16.6. The van der Waals surface area contributed by atoms with Gasteiger partial charge in [-0.1, -0.05) is 17.7 Å². The summed E-state index contributed by atoms with van der Waals surface area (Å²) in [5, 5.41) is 17.3. The molecule has 0 amide bonds. The summed E-state index contributed by atoms with van der Waals surface area (Å²) in [4.78, 5) is 6.39. The maximum absolute atomic E-state index is 10.8. The maximum atomic E-state index is 10.8. The van der Waals surface area contributed by atoms with E-state index < -0.39 is 5.60 Å². The van der Waals surface area contributed by atoms with Crippen LogP contribution >= 0.6 is 11.6 Å². The zero-order valence-electron chi connectivity index (χ0n) is 14.3. The molecule has 1 N–H and O–H groups in total. The van der Waals surface area contributed by atoms with Crippen LogP contribution in [0.1, 0.15) is 18.5 Å². The zero-order valence-corrected chi connectivity index (χ0v) is 15.0. The van der Waals surface area contributed by atoms with Crippen LogP contribution in [0, 0.1) is 0 Å². The lowest BCUT2D eigenvalue weighted by Gasteiger charge is -2.38. The van der Waals surface area contributed by atoms with Crippen LogP contribution in [0.3, 0.4) is 0 Å². The molecule has 1 saturated heterocycles. The van der Waals surface area contributed by atoms with Crippen LogP contribution in [0.25, 0.3) is 10.9 Å². The van der Waals surface area contributed by atoms with Crippen molar-refractivity contribution in [3.63, 3.8) is 0 Å². The highest BCUT2D eigenvalue weighted by Crippen LogP contribution is 2.29. The van der Waals surface area contributed by atoms with Crippen LogP contribution in [0.4, 0.5) is 0 Å². The standard InChI is InChI=1S/C18H22ClN5O/c1-22-16-4-2-3-14(19)17(16)15(21-22)11-23-8-5-18(25,6-9-23)12-24-10-7-20-13-24/h2-4,7,10,13,25H,5-6,8-9,11-12H2,1H3. The molecule has 0 atom stereocenters. The van der Waals surface area contributed by atoms with Gasteiger partial charge in [0.1, 0.15) is 0 Å². The number of aryl methyl sites for hydroxylation is 1. The Bertz CT molecular complexity index is 865. The molecule has 0 bridgehead atoms. The fraction of sp³-hybridized carbons (Fsp3) is 0.444. The molecule has 1 aromatic carbocycles. The fourth-order valence-corrected chi connectivity index (χ4v) is 3.96. The number of piperidine rings is 1. The minimum atomic E-state index is -0.666. The molecule has 3 aromatic rings. The molecule has 0 saturated carbocycles. The monoisotopic (exact) mass is 359 g/mol. The smallest absolute Gasteiger partial charge is 0.0946 e. The first-order valence-corrected chi connectivity index (χ1v) is 8.92. The summed E-state index contributed by atoms with van der Waals surface area (Å²) in [6.45, 7) is 3.03. The second-order valence-corrected chi connectivity index (χ2v) is 7.35. The van der Waals surface area contributed by atoms with Gasteiger partial charge in [0, 0.05) is 44.5 Å². The van der Waals surface area contributed by atoms with Crippen molar-refractivity contribution in [1.29, 1.82) is 0 Å². The Morgan fingerprint density at radius 3 is 2.80 bits per heavy atom. The molecule has 1 fully saturated rings. The number of aliphatic hydroxyl groups is 1. The molecule has 1 aliphatic rings. The molecule has 3 heterocycles. The summed E-state index contributed by atoms with van der Waals surface area (Å²) in [7, 11) is 1.95. The van der Waals surface area contributed by atoms with Crippen molar-refractivity contribution in [3.8, 4) is 0 Å². The van der Waals surface area contributed by atoms with Gasteiger partial charge in [-0.3, -0.25) is 9.58 Å². The van der Waals surface area contributed by atoms with Crippen LogP contribution in [0.2, 0.25) is 5.02 Å². The van der Waals surface area contributed by atoms with Crippen molar-refractivity contribution in [2.75, 3.05) is 13.1 Å². The summed E-state index contributed by atoms with van der Waals surface area (Å²) >= 11 is 6.40. The first-order valence-electron chi connectivity index (χ1n) is 8.55. The van der Waals surface area contributed by atoms with Crippen LogP contribution in [-0.2, 0) is 20.1 Å². The van der Waals surface area contributed by atoms with Gasteiger partial charge < -0.3 is 9.67 Å². The molecular weight excluding hydrogens is 338 g/mol. The average Bonchev–Trinajstić information content (AvgIpc) is 3.19. The third-order valence-electron chi connectivity index (χ3n) is 5.10. The highest BCUT2D eigenvalue weighted by atomic mass is 35.5. The predicted molar refractivity (Wildman–Crippen MR) is 97.4 cm³/mol. The Morgan fingerprint density at radius 2 is 2.08 bits per heavy atom. The minimum absolute atomic E-state index is 0.596. The van der Waals surface area contributed by atoms with E-state index in [0.717, 1.165) is 54.1 Å². The molecule has 132 valence electrons. The van der Waals surface area contributed by atoms with Gasteiger partial charge in [0.25, 0.3) is 0 Å². The molecule has 0 radical (unpaired) electrons. The van der Waals surface area contributed by atoms with Gasteiger partial charge in [-0.25, -0.2) is 4.98 Å². The largest absolute Gasteiger partial charge is 0.388 e. The second-order valence-electron chi connectivity index (χ2n) is 6.94. The lowest BCUT2D eigenvalue weighted by molar-refractivity contribution is -0.0359. The summed E-state index contributed by atoms with van der Waals surface area (Å²) in [6.07, 6.45) is 6.88. The van der Waals surface area contributed by atoms with Crippen molar-refractivity contribution in [3.05, 3.63) is 47.6 Å². The lowest BCUT2D eigenvalue weighted by Crippen LogP contribution is -2.46. The summed E-state index contributed by atoms with van der Waals surface area (Å²) in [6, 6.07) is 5.90. The number of rotatable bonds is 4. The molecule has 2 aromatic heterocycles. The van der Waals surface area contributed by atoms with E-state index in [1.165, 1.54) is 0 Å². The molecule has 0 aliphatic carbocycles. The Morgan fingerprint density at radius 1 is 1.28 bits per heavy atom. The van der Waals surface area contributed by atoms with E-state index >= 15 is 0 Å². The third kappa shape index (κ3) is 3.29. The van der Waals surface area contributed by atoms with Gasteiger partial charge in [-0.15, -0.1) is 0 Å². The zero-order chi connectivity index (χ0) is 17.4. The van der Waals surface area contributed by atoms with E-state index in [9.17, 15) is 5.11 Å². The SMILES string of the molecule is Cn1nc(CN2CCC(O)(Cn3ccnc3)CC2)c2c(Cl)cccc21. The molecule has 7 heteroatoms. The van der Waals surface area contributed by atoms with Crippen LogP contribution in [-0.4, -0.2) is 48.0 Å². The van der Waals surface area contributed by atoms with E-state index in [4.69, 9.17) is 11.6 Å². The molecule has 4 rings (SSSR count). The lowest BCUT2D eigenvalue weighted by atomic mass is 9.91. The van der Waals surface area contributed by atoms with Gasteiger partial charge in [0.05, 0.1) is 34.7 Å². The van der Waals surface area contributed by atoms with Gasteiger partial charge in [-0.05, 0) is 25.0 Å². The number of likely N-dealkylation sites (tertiary alicyclic amines) is 1. The topological polar surface area (TPSA) is 59.1 Å². The van der Waals surface area contributed by atoms with Crippen molar-refractivity contribution in [1.82, 2.24) is 24.2 Å². The Kier molecular flexibility index (Phi) is 4.27. The number of imidazole rings is 1. The predicted octanol–water partition coefficient (Wildman–Crippen LogP) is 2.45. The van der Waals surface area contributed by atoms with Gasteiger partial charge >= 0.3 is 0 Å². The van der Waals surface area contributed by atoms with Gasteiger partial charge in [-0.2, -0.15) is 5.10 Å². The first-order chi connectivity index (χ1) is 12.0. The molecular formula is C18H22ClN5O. The van der Waals surface area contributed by atoms with Crippen molar-refractivity contribution >= 4 is 22.5 Å². The van der Waals surface area contributed by atoms with Gasteiger partial charge in [0.15, 0.2) is 0 Å². The summed E-state index contributed by atoms with van der Waals surface area (Å²) in [5.41, 5.74) is 1.39. The van der Waals surface area contributed by atoms with Crippen molar-refractivity contribution in [2.24, 2.45) is 7.05 Å². The van der Waals surface area contributed by atoms with Crippen molar-refractivity contribution in [2.45, 2.75) is 31.5 Å². The second kappa shape index (κ2) is 6.44. The highest BCUT2D eigenvalue weighted by Gasteiger charge is 2.33. The maximum Gasteiger partial charge on any atom is 0.0946 e. The van der Waals surface area contributed by atoms with Crippen LogP contribution in [0.15, 0.2) is 36.9 Å². The van der Waals surface area contributed by atoms with E-state index in [0.29, 0.717) is 6.54 Å². The number of benzene rings is 1. The van der Waals surface area contributed by atoms with Crippen LogP contribution < -0.4 is 0 Å². The number of fused-ring (bicyclic) bond motifs is 1. The number of halogens is 1.